The zero-order valence-electron chi connectivity index (χ0n) is 13.3. The summed E-state index contributed by atoms with van der Waals surface area (Å²) in [5.41, 5.74) is 0.270. The molecule has 2 aromatic carbocycles. The van der Waals surface area contributed by atoms with Gasteiger partial charge in [-0.15, -0.1) is 35.7 Å². The van der Waals surface area contributed by atoms with Crippen molar-refractivity contribution in [2.24, 2.45) is 4.99 Å². The van der Waals surface area contributed by atoms with Gasteiger partial charge in [-0.25, -0.2) is 8.78 Å². The van der Waals surface area contributed by atoms with Crippen LogP contribution in [0.25, 0.3) is 0 Å². The number of hydrogen-bond donors (Lipinski definition) is 2. The van der Waals surface area contributed by atoms with Crippen LogP contribution in [0.15, 0.2) is 58.4 Å². The molecule has 3 nitrogen and oxygen atoms in total. The molecule has 0 aliphatic carbocycles. The molecule has 0 bridgehead atoms. The molecule has 0 aromatic heterocycles. The van der Waals surface area contributed by atoms with Gasteiger partial charge in [0.15, 0.2) is 5.96 Å². The van der Waals surface area contributed by atoms with Crippen LogP contribution in [-0.4, -0.2) is 25.3 Å². The molecule has 7 heteroatoms. The van der Waals surface area contributed by atoms with E-state index in [2.05, 4.69) is 27.8 Å². The quantitative estimate of drug-likeness (QED) is 0.223. The average molecular weight is 463 g/mol. The van der Waals surface area contributed by atoms with Crippen molar-refractivity contribution in [2.75, 3.05) is 19.3 Å². The van der Waals surface area contributed by atoms with Gasteiger partial charge in [-0.1, -0.05) is 18.2 Å². The number of halogens is 3. The van der Waals surface area contributed by atoms with E-state index in [-0.39, 0.29) is 36.1 Å². The normalized spacial score (nSPS) is 10.9. The minimum Gasteiger partial charge on any atom is -0.356 e. The summed E-state index contributed by atoms with van der Waals surface area (Å²) < 4.78 is 26.7. The van der Waals surface area contributed by atoms with Crippen molar-refractivity contribution in [1.82, 2.24) is 10.6 Å². The fraction of sp³-hybridized carbons (Fsp3) is 0.235. The van der Waals surface area contributed by atoms with Crippen LogP contribution in [0, 0.1) is 11.6 Å². The number of benzene rings is 2. The lowest BCUT2D eigenvalue weighted by Crippen LogP contribution is -2.38. The van der Waals surface area contributed by atoms with Crippen LogP contribution in [0.3, 0.4) is 0 Å². The van der Waals surface area contributed by atoms with Crippen LogP contribution in [-0.2, 0) is 6.54 Å². The predicted molar refractivity (Wildman–Crippen MR) is 107 cm³/mol. The molecule has 2 rings (SSSR count). The largest absolute Gasteiger partial charge is 0.356 e. The van der Waals surface area contributed by atoms with E-state index in [1.54, 1.807) is 18.8 Å². The molecule has 0 fully saturated rings. The van der Waals surface area contributed by atoms with E-state index in [0.717, 1.165) is 17.9 Å². The van der Waals surface area contributed by atoms with E-state index in [1.807, 2.05) is 18.2 Å². The number of hydrogen-bond acceptors (Lipinski definition) is 2. The molecule has 130 valence electrons. The van der Waals surface area contributed by atoms with Crippen LogP contribution in [0.4, 0.5) is 8.78 Å². The molecular formula is C17H20F2IN3S. The molecule has 0 unspecified atom stereocenters. The number of guanidine groups is 1. The lowest BCUT2D eigenvalue weighted by Gasteiger charge is -2.12. The average Bonchev–Trinajstić information content (AvgIpc) is 2.58. The van der Waals surface area contributed by atoms with Crippen molar-refractivity contribution >= 4 is 41.7 Å². The highest BCUT2D eigenvalue weighted by Crippen LogP contribution is 2.15. The molecule has 0 aliphatic heterocycles. The summed E-state index contributed by atoms with van der Waals surface area (Å²) in [6.07, 6.45) is 0. The molecule has 2 N–H and O–H groups in total. The molecule has 0 heterocycles. The number of nitrogens with zero attached hydrogens (tertiary/aromatic N) is 1. The lowest BCUT2D eigenvalue weighted by molar-refractivity contribution is 0.581. The maximum atomic E-state index is 13.5. The maximum absolute atomic E-state index is 13.5. The Hall–Kier alpha value is -1.35. The van der Waals surface area contributed by atoms with E-state index < -0.39 is 11.6 Å². The molecule has 0 amide bonds. The summed E-state index contributed by atoms with van der Waals surface area (Å²) in [4.78, 5) is 5.28. The van der Waals surface area contributed by atoms with Crippen molar-refractivity contribution in [3.63, 3.8) is 0 Å². The van der Waals surface area contributed by atoms with Gasteiger partial charge in [0.25, 0.3) is 0 Å². The van der Waals surface area contributed by atoms with Gasteiger partial charge < -0.3 is 10.6 Å². The van der Waals surface area contributed by atoms with Crippen LogP contribution < -0.4 is 10.6 Å². The minimum atomic E-state index is -0.453. The van der Waals surface area contributed by atoms with E-state index in [0.29, 0.717) is 12.5 Å². The van der Waals surface area contributed by atoms with Crippen molar-refractivity contribution in [3.8, 4) is 0 Å². The minimum absolute atomic E-state index is 0. The number of rotatable bonds is 6. The summed E-state index contributed by atoms with van der Waals surface area (Å²) in [5.74, 6) is 0.542. The van der Waals surface area contributed by atoms with E-state index in [4.69, 9.17) is 0 Å². The summed E-state index contributed by atoms with van der Waals surface area (Å²) in [7, 11) is 1.64. The second-order valence-corrected chi connectivity index (χ2v) is 5.92. The molecule has 0 radical (unpaired) electrons. The summed E-state index contributed by atoms with van der Waals surface area (Å²) in [5, 5.41) is 6.12. The molecule has 0 saturated heterocycles. The first kappa shape index (κ1) is 20.7. The van der Waals surface area contributed by atoms with Gasteiger partial charge in [0.1, 0.15) is 11.6 Å². The molecule has 0 saturated carbocycles. The van der Waals surface area contributed by atoms with Crippen LogP contribution >= 0.6 is 35.7 Å². The monoisotopic (exact) mass is 463 g/mol. The second-order valence-electron chi connectivity index (χ2n) is 4.75. The number of nitrogens with one attached hydrogen (secondary N) is 2. The first-order valence-electron chi connectivity index (χ1n) is 7.25. The fourth-order valence-corrected chi connectivity index (χ4v) is 2.72. The van der Waals surface area contributed by atoms with E-state index in [1.165, 1.54) is 11.0 Å². The smallest absolute Gasteiger partial charge is 0.191 e. The van der Waals surface area contributed by atoms with E-state index >= 15 is 0 Å². The summed E-state index contributed by atoms with van der Waals surface area (Å²) in [6, 6.07) is 13.5. The zero-order chi connectivity index (χ0) is 16.5. The van der Waals surface area contributed by atoms with Crippen LogP contribution in [0.2, 0.25) is 0 Å². The van der Waals surface area contributed by atoms with Gasteiger partial charge in [0.05, 0.1) is 0 Å². The second kappa shape index (κ2) is 11.2. The Balaban J connectivity index is 0.00000288. The third-order valence-electron chi connectivity index (χ3n) is 3.08. The SMILES string of the molecule is CN=C(NCCSc1ccccc1)NCc1cc(F)ccc1F.I. The van der Waals surface area contributed by atoms with Gasteiger partial charge in [-0.05, 0) is 30.3 Å². The zero-order valence-corrected chi connectivity index (χ0v) is 16.4. The first-order chi connectivity index (χ1) is 11.2. The van der Waals surface area contributed by atoms with Gasteiger partial charge in [0, 0.05) is 36.3 Å². The lowest BCUT2D eigenvalue weighted by atomic mass is 10.2. The number of thioether (sulfide) groups is 1. The van der Waals surface area contributed by atoms with Crippen LogP contribution in [0.1, 0.15) is 5.56 Å². The first-order valence-corrected chi connectivity index (χ1v) is 8.24. The Morgan fingerprint density at radius 1 is 1.08 bits per heavy atom. The predicted octanol–water partition coefficient (Wildman–Crippen LogP) is 4.04. The Kier molecular flexibility index (Phi) is 9.70. The Labute approximate surface area is 162 Å². The third kappa shape index (κ3) is 7.04. The van der Waals surface area contributed by atoms with Crippen molar-refractivity contribution in [2.45, 2.75) is 11.4 Å². The topological polar surface area (TPSA) is 36.4 Å². The van der Waals surface area contributed by atoms with Crippen molar-refractivity contribution in [3.05, 3.63) is 65.7 Å². The highest BCUT2D eigenvalue weighted by Gasteiger charge is 2.05. The van der Waals surface area contributed by atoms with E-state index in [9.17, 15) is 8.78 Å². The molecule has 24 heavy (non-hydrogen) atoms. The van der Waals surface area contributed by atoms with Crippen molar-refractivity contribution in [1.29, 1.82) is 0 Å². The fourth-order valence-electron chi connectivity index (χ4n) is 1.93. The molecule has 0 spiro atoms. The van der Waals surface area contributed by atoms with Gasteiger partial charge in [-0.2, -0.15) is 0 Å². The van der Waals surface area contributed by atoms with Crippen LogP contribution in [0.5, 0.6) is 0 Å². The maximum Gasteiger partial charge on any atom is 0.191 e. The molecule has 0 aliphatic rings. The molecule has 2 aromatic rings. The standard InChI is InChI=1S/C17H19F2N3S.HI/c1-20-17(21-9-10-23-15-5-3-2-4-6-15)22-12-13-11-14(18)7-8-16(13)19;/h2-8,11H,9-10,12H2,1H3,(H2,20,21,22);1H. The van der Waals surface area contributed by atoms with Gasteiger partial charge in [0.2, 0.25) is 0 Å². The van der Waals surface area contributed by atoms with Gasteiger partial charge in [-0.3, -0.25) is 4.99 Å². The van der Waals surface area contributed by atoms with Crippen molar-refractivity contribution < 1.29 is 8.78 Å². The Morgan fingerprint density at radius 2 is 1.83 bits per heavy atom. The Morgan fingerprint density at radius 3 is 2.54 bits per heavy atom. The summed E-state index contributed by atoms with van der Waals surface area (Å²) >= 11 is 1.74. The number of aliphatic imine (C=N–C) groups is 1. The third-order valence-corrected chi connectivity index (χ3v) is 4.10. The highest BCUT2D eigenvalue weighted by molar-refractivity contribution is 14.0. The molecule has 0 atom stereocenters. The highest BCUT2D eigenvalue weighted by atomic mass is 127. The Bertz CT molecular complexity index is 654. The summed E-state index contributed by atoms with van der Waals surface area (Å²) in [6.45, 7) is 0.889. The molecular weight excluding hydrogens is 443 g/mol. The van der Waals surface area contributed by atoms with Gasteiger partial charge >= 0.3 is 0 Å².